The Labute approximate surface area is 146 Å². The highest BCUT2D eigenvalue weighted by Crippen LogP contribution is 2.28. The van der Waals surface area contributed by atoms with Crippen molar-refractivity contribution in [3.63, 3.8) is 0 Å². The molecule has 1 aromatic carbocycles. The number of halogens is 1. The maximum Gasteiger partial charge on any atom is 0.318 e. The lowest BCUT2D eigenvalue weighted by Gasteiger charge is -2.34. The number of aromatic amines is 1. The van der Waals surface area contributed by atoms with Crippen LogP contribution in [0.25, 0.3) is 0 Å². The summed E-state index contributed by atoms with van der Waals surface area (Å²) in [7, 11) is 1.58. The minimum atomic E-state index is -0.323. The van der Waals surface area contributed by atoms with Gasteiger partial charge in [-0.1, -0.05) is 12.1 Å². The van der Waals surface area contributed by atoms with Gasteiger partial charge < -0.3 is 19.9 Å². The number of rotatable bonds is 5. The molecule has 7 heteroatoms. The molecular formula is C18H23FN4O2. The predicted molar refractivity (Wildman–Crippen MR) is 91.4 cm³/mol. The van der Waals surface area contributed by atoms with E-state index in [1.54, 1.807) is 31.6 Å². The van der Waals surface area contributed by atoms with Crippen LogP contribution in [0.1, 0.15) is 42.8 Å². The molecular weight excluding hydrogens is 323 g/mol. The average Bonchev–Trinajstić information content (AvgIpc) is 3.18. The van der Waals surface area contributed by atoms with Gasteiger partial charge >= 0.3 is 6.03 Å². The second kappa shape index (κ2) is 8.11. The van der Waals surface area contributed by atoms with Crippen molar-refractivity contribution in [3.05, 3.63) is 53.9 Å². The summed E-state index contributed by atoms with van der Waals surface area (Å²) in [6, 6.07) is 5.95. The number of hydrogen-bond acceptors (Lipinski definition) is 3. The van der Waals surface area contributed by atoms with E-state index in [2.05, 4.69) is 15.3 Å². The van der Waals surface area contributed by atoms with E-state index in [0.29, 0.717) is 13.1 Å². The van der Waals surface area contributed by atoms with Gasteiger partial charge in [-0.25, -0.2) is 14.2 Å². The highest BCUT2D eigenvalue weighted by Gasteiger charge is 2.29. The Morgan fingerprint density at radius 2 is 2.24 bits per heavy atom. The molecule has 0 radical (unpaired) electrons. The molecule has 1 fully saturated rings. The summed E-state index contributed by atoms with van der Waals surface area (Å²) in [5, 5.41) is 2.93. The molecule has 0 aliphatic carbocycles. The second-order valence-electron chi connectivity index (χ2n) is 6.14. The average molecular weight is 346 g/mol. The Balaban J connectivity index is 1.63. The zero-order valence-corrected chi connectivity index (χ0v) is 14.2. The molecule has 2 heterocycles. The van der Waals surface area contributed by atoms with Crippen molar-refractivity contribution in [2.24, 2.45) is 0 Å². The van der Waals surface area contributed by atoms with Crippen LogP contribution < -0.4 is 5.32 Å². The number of nitrogens with zero attached hydrogens (tertiary/aromatic N) is 2. The second-order valence-corrected chi connectivity index (χ2v) is 6.14. The molecule has 0 bridgehead atoms. The lowest BCUT2D eigenvalue weighted by molar-refractivity contribution is 0.0970. The van der Waals surface area contributed by atoms with E-state index in [1.807, 2.05) is 4.90 Å². The Bertz CT molecular complexity index is 675. The van der Waals surface area contributed by atoms with Crippen LogP contribution in [-0.2, 0) is 4.74 Å². The first-order valence-electron chi connectivity index (χ1n) is 8.51. The van der Waals surface area contributed by atoms with E-state index < -0.39 is 0 Å². The third-order valence-electron chi connectivity index (χ3n) is 4.56. The number of nitrogens with one attached hydrogen (secondary N) is 2. The van der Waals surface area contributed by atoms with E-state index >= 15 is 0 Å². The molecule has 1 aliphatic rings. The van der Waals surface area contributed by atoms with Crippen molar-refractivity contribution < 1.29 is 13.9 Å². The van der Waals surface area contributed by atoms with Crippen LogP contribution >= 0.6 is 0 Å². The number of carbonyl (C=O) groups is 1. The van der Waals surface area contributed by atoms with Gasteiger partial charge in [0.25, 0.3) is 0 Å². The monoisotopic (exact) mass is 346 g/mol. The van der Waals surface area contributed by atoms with Crippen LogP contribution in [0, 0.1) is 5.82 Å². The van der Waals surface area contributed by atoms with Gasteiger partial charge in [0.15, 0.2) is 0 Å². The largest absolute Gasteiger partial charge is 0.375 e. The molecule has 2 N–H and O–H groups in total. The molecule has 3 rings (SSSR count). The van der Waals surface area contributed by atoms with Crippen molar-refractivity contribution in [3.8, 4) is 0 Å². The smallest absolute Gasteiger partial charge is 0.318 e. The lowest BCUT2D eigenvalue weighted by Crippen LogP contribution is -2.46. The predicted octanol–water partition coefficient (Wildman–Crippen LogP) is 3.17. The highest BCUT2D eigenvalue weighted by atomic mass is 19.1. The Morgan fingerprint density at radius 3 is 2.92 bits per heavy atom. The van der Waals surface area contributed by atoms with Gasteiger partial charge in [0.05, 0.1) is 12.1 Å². The number of methoxy groups -OCH3 is 1. The third kappa shape index (κ3) is 4.17. The van der Waals surface area contributed by atoms with Crippen molar-refractivity contribution >= 4 is 6.03 Å². The molecule has 2 amide bonds. The fourth-order valence-corrected chi connectivity index (χ4v) is 3.21. The summed E-state index contributed by atoms with van der Waals surface area (Å²) in [6.45, 7) is 1.02. The minimum Gasteiger partial charge on any atom is -0.375 e. The van der Waals surface area contributed by atoms with E-state index in [-0.39, 0.29) is 24.0 Å². The molecule has 6 nitrogen and oxygen atoms in total. The summed E-state index contributed by atoms with van der Waals surface area (Å²) < 4.78 is 18.5. The summed E-state index contributed by atoms with van der Waals surface area (Å²) in [5.74, 6) is 0.522. The molecule has 0 spiro atoms. The topological polar surface area (TPSA) is 70.2 Å². The van der Waals surface area contributed by atoms with Crippen LogP contribution in [0.4, 0.5) is 9.18 Å². The zero-order valence-electron chi connectivity index (χ0n) is 14.2. The Kier molecular flexibility index (Phi) is 5.65. The van der Waals surface area contributed by atoms with Crippen molar-refractivity contribution in [1.82, 2.24) is 20.2 Å². The van der Waals surface area contributed by atoms with Gasteiger partial charge in [-0.15, -0.1) is 0 Å². The summed E-state index contributed by atoms with van der Waals surface area (Å²) >= 11 is 0. The number of benzene rings is 1. The number of urea groups is 1. The SMILES string of the molecule is CO[C@@H](CNC(=O)N1CCCC[C@H]1c1ncc[nH]1)c1ccc(F)cc1. The number of amides is 2. The maximum absolute atomic E-state index is 13.1. The molecule has 134 valence electrons. The van der Waals surface area contributed by atoms with Crippen LogP contribution in [0.5, 0.6) is 0 Å². The van der Waals surface area contributed by atoms with Crippen LogP contribution in [0.3, 0.4) is 0 Å². The number of aromatic nitrogens is 2. The zero-order chi connectivity index (χ0) is 17.6. The quantitative estimate of drug-likeness (QED) is 0.874. The van der Waals surface area contributed by atoms with E-state index in [9.17, 15) is 9.18 Å². The van der Waals surface area contributed by atoms with E-state index in [0.717, 1.165) is 30.7 Å². The molecule has 2 aromatic rings. The molecule has 1 aromatic heterocycles. The first-order chi connectivity index (χ1) is 12.2. The van der Waals surface area contributed by atoms with Crippen LogP contribution in [-0.4, -0.2) is 41.1 Å². The molecule has 2 atom stereocenters. The van der Waals surface area contributed by atoms with Crippen LogP contribution in [0.2, 0.25) is 0 Å². The summed E-state index contributed by atoms with van der Waals surface area (Å²) in [6.07, 6.45) is 6.11. The third-order valence-corrected chi connectivity index (χ3v) is 4.56. The van der Waals surface area contributed by atoms with Gasteiger partial charge in [0.2, 0.25) is 0 Å². The number of ether oxygens (including phenoxy) is 1. The number of likely N-dealkylation sites (tertiary alicyclic amines) is 1. The number of piperidine rings is 1. The Morgan fingerprint density at radius 1 is 1.44 bits per heavy atom. The normalized spacial score (nSPS) is 18.8. The van der Waals surface area contributed by atoms with Gasteiger partial charge in [-0.2, -0.15) is 0 Å². The Hall–Kier alpha value is -2.41. The molecule has 25 heavy (non-hydrogen) atoms. The first-order valence-corrected chi connectivity index (χ1v) is 8.51. The summed E-state index contributed by atoms with van der Waals surface area (Å²) in [4.78, 5) is 21.9. The maximum atomic E-state index is 13.1. The van der Waals surface area contributed by atoms with Crippen molar-refractivity contribution in [2.45, 2.75) is 31.4 Å². The first kappa shape index (κ1) is 17.4. The van der Waals surface area contributed by atoms with Crippen molar-refractivity contribution in [2.75, 3.05) is 20.2 Å². The number of carbonyl (C=O) groups excluding carboxylic acids is 1. The van der Waals surface area contributed by atoms with E-state index in [1.165, 1.54) is 12.1 Å². The van der Waals surface area contributed by atoms with Crippen molar-refractivity contribution in [1.29, 1.82) is 0 Å². The lowest BCUT2D eigenvalue weighted by atomic mass is 10.0. The highest BCUT2D eigenvalue weighted by molar-refractivity contribution is 5.74. The van der Waals surface area contributed by atoms with E-state index in [4.69, 9.17) is 4.74 Å². The summed E-state index contributed by atoms with van der Waals surface area (Å²) in [5.41, 5.74) is 0.824. The number of hydrogen-bond donors (Lipinski definition) is 2. The molecule has 1 saturated heterocycles. The van der Waals surface area contributed by atoms with Gasteiger partial charge in [-0.3, -0.25) is 0 Å². The molecule has 0 saturated carbocycles. The fourth-order valence-electron chi connectivity index (χ4n) is 3.21. The standard InChI is InChI=1S/C18H23FN4O2/c1-25-16(13-5-7-14(19)8-6-13)12-22-18(24)23-11-3-2-4-15(23)17-20-9-10-21-17/h5-10,15-16H,2-4,11-12H2,1H3,(H,20,21)(H,22,24)/t15-,16-/m0/s1. The molecule has 1 aliphatic heterocycles. The fraction of sp³-hybridized carbons (Fsp3) is 0.444. The molecule has 0 unspecified atom stereocenters. The van der Waals surface area contributed by atoms with Gasteiger partial charge in [0.1, 0.15) is 11.6 Å². The van der Waals surface area contributed by atoms with Gasteiger partial charge in [0, 0.05) is 32.6 Å². The number of imidazole rings is 1. The number of H-pyrrole nitrogens is 1. The van der Waals surface area contributed by atoms with Gasteiger partial charge in [-0.05, 0) is 37.0 Å². The van der Waals surface area contributed by atoms with Crippen LogP contribution in [0.15, 0.2) is 36.7 Å². The minimum absolute atomic E-state index is 0.0319.